The summed E-state index contributed by atoms with van der Waals surface area (Å²) < 4.78 is 0. The van der Waals surface area contributed by atoms with E-state index < -0.39 is 16.1 Å². The minimum absolute atomic E-state index is 0.205. The van der Waals surface area contributed by atoms with Gasteiger partial charge in [0.05, 0.1) is 16.1 Å². The third-order valence-corrected chi connectivity index (χ3v) is 20.1. The number of allylic oxidation sites excluding steroid dienone is 4. The molecule has 2 aromatic rings. The summed E-state index contributed by atoms with van der Waals surface area (Å²) >= 11 is 6.50. The monoisotopic (exact) mass is 476 g/mol. The van der Waals surface area contributed by atoms with E-state index in [1.165, 1.54) is 37.5 Å². The predicted octanol–water partition coefficient (Wildman–Crippen LogP) is 9.37. The molecule has 32 heavy (non-hydrogen) atoms. The lowest BCUT2D eigenvalue weighted by atomic mass is 9.95. The Morgan fingerprint density at radius 2 is 0.812 bits per heavy atom. The van der Waals surface area contributed by atoms with Gasteiger partial charge >= 0.3 is 0 Å². The van der Waals surface area contributed by atoms with Crippen molar-refractivity contribution in [3.63, 3.8) is 0 Å². The molecule has 0 saturated carbocycles. The lowest BCUT2D eigenvalue weighted by molar-refractivity contribution is 0.726. The molecule has 170 valence electrons. The highest BCUT2D eigenvalue weighted by atomic mass is 32.1. The van der Waals surface area contributed by atoms with Crippen molar-refractivity contribution in [2.45, 2.75) is 77.8 Å². The van der Waals surface area contributed by atoms with Crippen LogP contribution in [0, 0.1) is 0 Å². The minimum atomic E-state index is -1.92. The van der Waals surface area contributed by atoms with Crippen molar-refractivity contribution in [1.82, 2.24) is 0 Å². The first-order chi connectivity index (χ1) is 14.6. The van der Waals surface area contributed by atoms with Crippen LogP contribution in [0.4, 0.5) is 0 Å². The molecule has 0 heterocycles. The Balaban J connectivity index is 2.52. The van der Waals surface area contributed by atoms with Gasteiger partial charge in [-0.1, -0.05) is 141 Å². The van der Waals surface area contributed by atoms with Gasteiger partial charge in [0.2, 0.25) is 0 Å². The molecule has 0 amide bonds. The molecule has 0 aromatic heterocycles. The second-order valence-electron chi connectivity index (χ2n) is 12.3. The number of hydrogen-bond donors (Lipinski definition) is 0. The smallest absolute Gasteiger partial charge is 0.0803 e. The van der Waals surface area contributed by atoms with E-state index in [0.717, 1.165) is 0 Å². The first-order valence-corrected chi connectivity index (χ1v) is 18.2. The Morgan fingerprint density at radius 1 is 0.531 bits per heavy atom. The van der Waals surface area contributed by atoms with Crippen molar-refractivity contribution >= 4 is 44.4 Å². The van der Waals surface area contributed by atoms with Crippen LogP contribution in [-0.4, -0.2) is 21.0 Å². The molecule has 1 aliphatic carbocycles. The molecule has 0 atom stereocenters. The summed E-state index contributed by atoms with van der Waals surface area (Å²) in [5, 5.41) is 3.39. The summed E-state index contributed by atoms with van der Waals surface area (Å²) in [7, 11) is -3.83. The van der Waals surface area contributed by atoms with Crippen molar-refractivity contribution < 1.29 is 0 Å². The zero-order valence-corrected chi connectivity index (χ0v) is 24.5. The SMILES string of the molecule is CC(C)(C)[Si](C)(C)C1=C(c2ccccc2)C(c2ccccc2)=C([Si](C)(C)C(C)(C)C)C1=S. The number of rotatable bonds is 4. The van der Waals surface area contributed by atoms with Crippen LogP contribution in [0.15, 0.2) is 71.1 Å². The first kappa shape index (κ1) is 25.1. The Kier molecular flexibility index (Phi) is 6.54. The van der Waals surface area contributed by atoms with E-state index in [1.807, 2.05) is 0 Å². The third-order valence-electron chi connectivity index (χ3n) is 8.33. The van der Waals surface area contributed by atoms with Crippen molar-refractivity contribution in [3.05, 3.63) is 82.2 Å². The van der Waals surface area contributed by atoms with Gasteiger partial charge in [0.25, 0.3) is 0 Å². The van der Waals surface area contributed by atoms with Gasteiger partial charge in [-0.15, -0.1) is 0 Å². The molecule has 3 heteroatoms. The molecular formula is C29H40SSi2. The van der Waals surface area contributed by atoms with Crippen molar-refractivity contribution in [2.75, 3.05) is 0 Å². The van der Waals surface area contributed by atoms with E-state index in [4.69, 9.17) is 12.2 Å². The van der Waals surface area contributed by atoms with Gasteiger partial charge in [-0.3, -0.25) is 0 Å². The molecule has 0 radical (unpaired) electrons. The fourth-order valence-corrected chi connectivity index (χ4v) is 10.9. The standard InChI is InChI=1S/C29H40SSi2/c1-28(2,3)31(7,8)26-23(21-17-13-11-14-18-21)24(22-19-15-12-16-20-22)27(25(26)30)32(9,10)29(4,5)6/h11-20H,1-10H3. The van der Waals surface area contributed by atoms with Crippen LogP contribution in [0.5, 0.6) is 0 Å². The summed E-state index contributed by atoms with van der Waals surface area (Å²) in [6.07, 6.45) is 0. The fourth-order valence-electron chi connectivity index (χ4n) is 4.33. The van der Waals surface area contributed by atoms with E-state index >= 15 is 0 Å². The summed E-state index contributed by atoms with van der Waals surface area (Å²) in [4.78, 5) is 1.17. The molecule has 0 unspecified atom stereocenters. The average Bonchev–Trinajstić information content (AvgIpc) is 3.01. The molecule has 0 fully saturated rings. The van der Waals surface area contributed by atoms with Crippen LogP contribution in [0.25, 0.3) is 11.1 Å². The van der Waals surface area contributed by atoms with Crippen LogP contribution in [-0.2, 0) is 0 Å². The molecule has 0 N–H and O–H groups in total. The Labute approximate surface area is 203 Å². The molecule has 3 rings (SSSR count). The molecule has 0 spiro atoms. The van der Waals surface area contributed by atoms with Crippen LogP contribution in [0.3, 0.4) is 0 Å². The first-order valence-electron chi connectivity index (χ1n) is 11.8. The van der Waals surface area contributed by atoms with Gasteiger partial charge in [0.1, 0.15) is 0 Å². The molecule has 0 nitrogen and oxygen atoms in total. The molecule has 0 saturated heterocycles. The molecular weight excluding hydrogens is 437 g/mol. The zero-order valence-electron chi connectivity index (χ0n) is 21.7. The second-order valence-corrected chi connectivity index (χ2v) is 23.2. The normalized spacial score (nSPS) is 16.2. The highest BCUT2D eigenvalue weighted by Crippen LogP contribution is 2.56. The van der Waals surface area contributed by atoms with Crippen LogP contribution in [0.2, 0.25) is 36.3 Å². The van der Waals surface area contributed by atoms with E-state index in [1.54, 1.807) is 0 Å². The van der Waals surface area contributed by atoms with Crippen molar-refractivity contribution in [3.8, 4) is 0 Å². The third kappa shape index (κ3) is 4.08. The fraction of sp³-hybridized carbons (Fsp3) is 0.414. The number of hydrogen-bond acceptors (Lipinski definition) is 1. The average molecular weight is 477 g/mol. The van der Waals surface area contributed by atoms with E-state index in [9.17, 15) is 0 Å². The highest BCUT2D eigenvalue weighted by Gasteiger charge is 2.51. The molecule has 1 aliphatic rings. The number of thiocarbonyl (C=S) groups is 1. The van der Waals surface area contributed by atoms with Gasteiger partial charge < -0.3 is 0 Å². The summed E-state index contributed by atoms with van der Waals surface area (Å²) in [5.41, 5.74) is 5.44. The van der Waals surface area contributed by atoms with E-state index in [0.29, 0.717) is 0 Å². The lowest BCUT2D eigenvalue weighted by Crippen LogP contribution is -2.46. The van der Waals surface area contributed by atoms with Crippen LogP contribution in [0.1, 0.15) is 52.7 Å². The molecule has 0 aliphatic heterocycles. The second kappa shape index (κ2) is 8.34. The predicted molar refractivity (Wildman–Crippen MR) is 154 cm³/mol. The van der Waals surface area contributed by atoms with Gasteiger partial charge in [-0.2, -0.15) is 0 Å². The summed E-state index contributed by atoms with van der Waals surface area (Å²) in [6, 6.07) is 22.0. The summed E-state index contributed by atoms with van der Waals surface area (Å²) in [6.45, 7) is 24.5. The van der Waals surface area contributed by atoms with Gasteiger partial charge in [0.15, 0.2) is 0 Å². The minimum Gasteiger partial charge on any atom is -0.0803 e. The van der Waals surface area contributed by atoms with Gasteiger partial charge in [-0.25, -0.2) is 0 Å². The maximum Gasteiger partial charge on any atom is 0.0886 e. The van der Waals surface area contributed by atoms with E-state index in [-0.39, 0.29) is 10.1 Å². The van der Waals surface area contributed by atoms with E-state index in [2.05, 4.69) is 128 Å². The Hall–Kier alpha value is -1.56. The largest absolute Gasteiger partial charge is 0.0886 e. The molecule has 2 aromatic carbocycles. The topological polar surface area (TPSA) is 0 Å². The quantitative estimate of drug-likeness (QED) is 0.313. The Bertz CT molecular complexity index is 986. The van der Waals surface area contributed by atoms with Crippen LogP contribution < -0.4 is 0 Å². The Morgan fingerprint density at radius 3 is 1.06 bits per heavy atom. The van der Waals surface area contributed by atoms with Gasteiger partial charge in [0, 0.05) is 4.86 Å². The lowest BCUT2D eigenvalue weighted by Gasteiger charge is -2.42. The summed E-state index contributed by atoms with van der Waals surface area (Å²) in [5.74, 6) is 0. The highest BCUT2D eigenvalue weighted by molar-refractivity contribution is 7.82. The maximum absolute atomic E-state index is 6.50. The van der Waals surface area contributed by atoms with Crippen molar-refractivity contribution in [2.24, 2.45) is 0 Å². The van der Waals surface area contributed by atoms with Crippen LogP contribution >= 0.6 is 12.2 Å². The van der Waals surface area contributed by atoms with Gasteiger partial charge in [-0.05, 0) is 42.7 Å². The van der Waals surface area contributed by atoms with Crippen molar-refractivity contribution in [1.29, 1.82) is 0 Å². The molecule has 0 bridgehead atoms. The zero-order chi connectivity index (χ0) is 24.1. The number of benzene rings is 2. The maximum atomic E-state index is 6.50.